The minimum Gasteiger partial charge on any atom is -0.497 e. The molecule has 0 N–H and O–H groups in total. The molecular formula is C22H20F2N4O2. The van der Waals surface area contributed by atoms with Crippen molar-refractivity contribution in [3.63, 3.8) is 0 Å². The lowest BCUT2D eigenvalue weighted by Crippen LogP contribution is -2.49. The minimum atomic E-state index is -1.02. The van der Waals surface area contributed by atoms with Gasteiger partial charge in [0.1, 0.15) is 17.9 Å². The SMILES string of the molecule is COc1ccc(-c2cc(N3CCN(C(=O)c4ccc(F)c(F)c4)CC3)ncn2)cc1. The summed E-state index contributed by atoms with van der Waals surface area (Å²) in [6.45, 7) is 2.07. The molecule has 1 aliphatic heterocycles. The van der Waals surface area contributed by atoms with Gasteiger partial charge < -0.3 is 14.5 Å². The van der Waals surface area contributed by atoms with Gasteiger partial charge in [0.25, 0.3) is 5.91 Å². The van der Waals surface area contributed by atoms with Crippen molar-refractivity contribution in [1.29, 1.82) is 0 Å². The number of aromatic nitrogens is 2. The van der Waals surface area contributed by atoms with E-state index in [4.69, 9.17) is 4.74 Å². The Balaban J connectivity index is 1.43. The molecule has 0 radical (unpaired) electrons. The van der Waals surface area contributed by atoms with Crippen LogP contribution in [-0.2, 0) is 0 Å². The zero-order valence-corrected chi connectivity index (χ0v) is 16.4. The Bertz CT molecular complexity index is 1050. The average molecular weight is 410 g/mol. The van der Waals surface area contributed by atoms with Crippen LogP contribution in [0.2, 0.25) is 0 Å². The second kappa shape index (κ2) is 8.44. The van der Waals surface area contributed by atoms with E-state index in [0.29, 0.717) is 26.2 Å². The third-order valence-corrected chi connectivity index (χ3v) is 5.10. The van der Waals surface area contributed by atoms with Gasteiger partial charge in [-0.1, -0.05) is 0 Å². The van der Waals surface area contributed by atoms with E-state index in [9.17, 15) is 13.6 Å². The van der Waals surface area contributed by atoms with Gasteiger partial charge in [-0.2, -0.15) is 0 Å². The lowest BCUT2D eigenvalue weighted by molar-refractivity contribution is 0.0746. The number of carbonyl (C=O) groups excluding carboxylic acids is 1. The Morgan fingerprint density at radius 1 is 0.933 bits per heavy atom. The Labute approximate surface area is 172 Å². The lowest BCUT2D eigenvalue weighted by Gasteiger charge is -2.35. The predicted molar refractivity (Wildman–Crippen MR) is 108 cm³/mol. The van der Waals surface area contributed by atoms with Crippen LogP contribution in [0.1, 0.15) is 10.4 Å². The molecule has 0 atom stereocenters. The third kappa shape index (κ3) is 4.07. The van der Waals surface area contributed by atoms with Crippen LogP contribution < -0.4 is 9.64 Å². The Morgan fingerprint density at radius 3 is 2.33 bits per heavy atom. The number of hydrogen-bond acceptors (Lipinski definition) is 5. The molecule has 0 bridgehead atoms. The fourth-order valence-corrected chi connectivity index (χ4v) is 3.39. The maximum absolute atomic E-state index is 13.4. The van der Waals surface area contributed by atoms with Crippen molar-refractivity contribution >= 4 is 11.7 Å². The molecule has 6 nitrogen and oxygen atoms in total. The molecule has 1 amide bonds. The van der Waals surface area contributed by atoms with E-state index in [0.717, 1.165) is 35.0 Å². The first-order valence-electron chi connectivity index (χ1n) is 9.51. The molecule has 1 aromatic heterocycles. The summed E-state index contributed by atoms with van der Waals surface area (Å²) in [7, 11) is 1.62. The summed E-state index contributed by atoms with van der Waals surface area (Å²) in [5.74, 6) is -0.750. The van der Waals surface area contributed by atoms with Crippen LogP contribution in [-0.4, -0.2) is 54.1 Å². The number of methoxy groups -OCH3 is 1. The summed E-state index contributed by atoms with van der Waals surface area (Å²) in [4.78, 5) is 25.0. The number of benzene rings is 2. The van der Waals surface area contributed by atoms with Crippen LogP contribution >= 0.6 is 0 Å². The molecule has 8 heteroatoms. The van der Waals surface area contributed by atoms with Crippen molar-refractivity contribution in [1.82, 2.24) is 14.9 Å². The molecule has 2 aromatic carbocycles. The Morgan fingerprint density at radius 2 is 1.67 bits per heavy atom. The highest BCUT2D eigenvalue weighted by Crippen LogP contribution is 2.24. The Kier molecular flexibility index (Phi) is 5.56. The van der Waals surface area contributed by atoms with E-state index >= 15 is 0 Å². The molecule has 0 aliphatic carbocycles. The predicted octanol–water partition coefficient (Wildman–Crippen LogP) is 3.39. The summed E-state index contributed by atoms with van der Waals surface area (Å²) in [5, 5.41) is 0. The van der Waals surface area contributed by atoms with Gasteiger partial charge in [0, 0.05) is 43.4 Å². The van der Waals surface area contributed by atoms with Crippen molar-refractivity contribution in [2.75, 3.05) is 38.2 Å². The van der Waals surface area contributed by atoms with Crippen LogP contribution in [0.4, 0.5) is 14.6 Å². The second-order valence-corrected chi connectivity index (χ2v) is 6.90. The summed E-state index contributed by atoms with van der Waals surface area (Å²) < 4.78 is 31.7. The zero-order chi connectivity index (χ0) is 21.1. The van der Waals surface area contributed by atoms with Gasteiger partial charge in [-0.05, 0) is 42.5 Å². The Hall–Kier alpha value is -3.55. The normalized spacial score (nSPS) is 14.0. The largest absolute Gasteiger partial charge is 0.497 e. The molecular weight excluding hydrogens is 390 g/mol. The zero-order valence-electron chi connectivity index (χ0n) is 16.4. The molecule has 1 aliphatic rings. The van der Waals surface area contributed by atoms with Gasteiger partial charge in [-0.25, -0.2) is 18.7 Å². The van der Waals surface area contributed by atoms with Crippen molar-refractivity contribution < 1.29 is 18.3 Å². The van der Waals surface area contributed by atoms with Gasteiger partial charge in [0.05, 0.1) is 12.8 Å². The first kappa shape index (κ1) is 19.8. The van der Waals surface area contributed by atoms with Crippen LogP contribution in [0.5, 0.6) is 5.75 Å². The fraction of sp³-hybridized carbons (Fsp3) is 0.227. The first-order chi connectivity index (χ1) is 14.5. The highest BCUT2D eigenvalue weighted by Gasteiger charge is 2.24. The van der Waals surface area contributed by atoms with E-state index in [2.05, 4.69) is 14.9 Å². The van der Waals surface area contributed by atoms with E-state index in [1.165, 1.54) is 12.4 Å². The smallest absolute Gasteiger partial charge is 0.254 e. The van der Waals surface area contributed by atoms with E-state index < -0.39 is 11.6 Å². The van der Waals surface area contributed by atoms with Crippen molar-refractivity contribution in [2.24, 2.45) is 0 Å². The molecule has 4 rings (SSSR count). The lowest BCUT2D eigenvalue weighted by atomic mass is 10.1. The number of ether oxygens (including phenoxy) is 1. The van der Waals surface area contributed by atoms with Gasteiger partial charge >= 0.3 is 0 Å². The first-order valence-corrected chi connectivity index (χ1v) is 9.51. The molecule has 154 valence electrons. The molecule has 30 heavy (non-hydrogen) atoms. The number of hydrogen-bond donors (Lipinski definition) is 0. The number of carbonyl (C=O) groups is 1. The molecule has 1 fully saturated rings. The third-order valence-electron chi connectivity index (χ3n) is 5.10. The van der Waals surface area contributed by atoms with Gasteiger partial charge in [0.15, 0.2) is 11.6 Å². The minimum absolute atomic E-state index is 0.145. The van der Waals surface area contributed by atoms with Crippen LogP contribution in [0.3, 0.4) is 0 Å². The summed E-state index contributed by atoms with van der Waals surface area (Å²) in [6.07, 6.45) is 1.52. The van der Waals surface area contributed by atoms with Crippen LogP contribution in [0, 0.1) is 11.6 Å². The molecule has 0 spiro atoms. The fourth-order valence-electron chi connectivity index (χ4n) is 3.39. The standard InChI is InChI=1S/C22H20F2N4O2/c1-30-17-5-2-15(3-6-17)20-13-21(26-14-25-20)27-8-10-28(11-9-27)22(29)16-4-7-18(23)19(24)12-16/h2-7,12-14H,8-11H2,1H3. The number of nitrogens with zero attached hydrogens (tertiary/aromatic N) is 4. The van der Waals surface area contributed by atoms with E-state index in [-0.39, 0.29) is 11.5 Å². The summed E-state index contributed by atoms with van der Waals surface area (Å²) in [6, 6.07) is 12.7. The van der Waals surface area contributed by atoms with Gasteiger partial charge in [-0.3, -0.25) is 4.79 Å². The number of anilines is 1. The number of piperazine rings is 1. The molecule has 1 saturated heterocycles. The van der Waals surface area contributed by atoms with E-state index in [1.807, 2.05) is 30.3 Å². The molecule has 2 heterocycles. The quantitative estimate of drug-likeness (QED) is 0.660. The number of amides is 1. The van der Waals surface area contributed by atoms with Crippen LogP contribution in [0.15, 0.2) is 54.9 Å². The summed E-state index contributed by atoms with van der Waals surface area (Å²) >= 11 is 0. The van der Waals surface area contributed by atoms with Crippen molar-refractivity contribution in [3.8, 4) is 17.0 Å². The van der Waals surface area contributed by atoms with Gasteiger partial charge in [0.2, 0.25) is 0 Å². The topological polar surface area (TPSA) is 58.6 Å². The number of halogens is 2. The highest BCUT2D eigenvalue weighted by atomic mass is 19.2. The maximum atomic E-state index is 13.4. The van der Waals surface area contributed by atoms with E-state index in [1.54, 1.807) is 12.0 Å². The van der Waals surface area contributed by atoms with Crippen LogP contribution in [0.25, 0.3) is 11.3 Å². The maximum Gasteiger partial charge on any atom is 0.254 e. The summed E-state index contributed by atoms with van der Waals surface area (Å²) in [5.41, 5.74) is 1.89. The highest BCUT2D eigenvalue weighted by molar-refractivity contribution is 5.94. The molecule has 3 aromatic rings. The average Bonchev–Trinajstić information content (AvgIpc) is 2.80. The monoisotopic (exact) mass is 410 g/mol. The van der Waals surface area contributed by atoms with Crippen molar-refractivity contribution in [2.45, 2.75) is 0 Å². The molecule has 0 unspecified atom stereocenters. The number of rotatable bonds is 4. The second-order valence-electron chi connectivity index (χ2n) is 6.90. The molecule has 0 saturated carbocycles. The van der Waals surface area contributed by atoms with Gasteiger partial charge in [-0.15, -0.1) is 0 Å². The van der Waals surface area contributed by atoms with Crippen molar-refractivity contribution in [3.05, 3.63) is 72.1 Å².